The van der Waals surface area contributed by atoms with Gasteiger partial charge in [0.05, 0.1) is 5.69 Å². The Labute approximate surface area is 189 Å². The van der Waals surface area contributed by atoms with Crippen molar-refractivity contribution >= 4 is 34.1 Å². The van der Waals surface area contributed by atoms with Gasteiger partial charge in [-0.25, -0.2) is 9.37 Å². The lowest BCUT2D eigenvalue weighted by Crippen LogP contribution is -2.53. The second-order valence-corrected chi connectivity index (χ2v) is 9.82. The normalized spacial score (nSPS) is 21.3. The number of aromatic amines is 1. The van der Waals surface area contributed by atoms with Crippen LogP contribution in [-0.2, 0) is 13.0 Å². The zero-order chi connectivity index (χ0) is 22.2. The average molecular weight is 456 g/mol. The zero-order valence-corrected chi connectivity index (χ0v) is 18.7. The van der Waals surface area contributed by atoms with E-state index in [1.165, 1.54) is 23.5 Å². The highest BCUT2D eigenvalue weighted by Crippen LogP contribution is 2.26. The average Bonchev–Trinajstić information content (AvgIpc) is 3.38. The van der Waals surface area contributed by atoms with Gasteiger partial charge in [-0.3, -0.25) is 9.59 Å². The van der Waals surface area contributed by atoms with Crippen molar-refractivity contribution in [2.75, 3.05) is 13.6 Å². The maximum absolute atomic E-state index is 13.5. The van der Waals surface area contributed by atoms with Crippen molar-refractivity contribution < 1.29 is 14.0 Å². The summed E-state index contributed by atoms with van der Waals surface area (Å²) in [6.45, 7) is 1.78. The van der Waals surface area contributed by atoms with Gasteiger partial charge in [0.2, 0.25) is 0 Å². The number of amides is 2. The number of hydrogen-bond donors (Lipinski definition) is 3. The fraction of sp³-hybridized carbons (Fsp3) is 0.435. The first kappa shape index (κ1) is 21.1. The van der Waals surface area contributed by atoms with Gasteiger partial charge in [0.1, 0.15) is 11.5 Å². The summed E-state index contributed by atoms with van der Waals surface area (Å²) in [7, 11) is 2.07. The van der Waals surface area contributed by atoms with E-state index in [4.69, 9.17) is 0 Å². The molecule has 1 aromatic carbocycles. The quantitative estimate of drug-likeness (QED) is 0.564. The van der Waals surface area contributed by atoms with Gasteiger partial charge in [-0.2, -0.15) is 0 Å². The number of rotatable bonds is 4. The van der Waals surface area contributed by atoms with Crippen LogP contribution in [0.5, 0.6) is 0 Å². The number of carbonyl (C=O) groups is 2. The molecule has 32 heavy (non-hydrogen) atoms. The van der Waals surface area contributed by atoms with E-state index in [-0.39, 0.29) is 29.7 Å². The molecule has 168 valence electrons. The van der Waals surface area contributed by atoms with Crippen LogP contribution >= 0.6 is 11.3 Å². The number of thiazole rings is 1. The first-order valence-electron chi connectivity index (χ1n) is 11.0. The summed E-state index contributed by atoms with van der Waals surface area (Å²) in [5, 5.41) is 7.34. The molecule has 0 spiro atoms. The molecule has 2 aliphatic rings. The Bertz CT molecular complexity index is 1170. The standard InChI is InChI=1S/C23H26FN5O2S/c1-29-9-8-18-20(12-29)32-23(28-18)22(31)27-17-5-3-2-4-16(17)26-21(30)19-11-13-10-14(24)6-7-15(13)25-19/h6-7,10-11,16-17,25H,2-5,8-9,12H2,1H3,(H,26,30)(H,27,31)/t16-,17+/m0/s1. The third kappa shape index (κ3) is 4.27. The zero-order valence-electron chi connectivity index (χ0n) is 17.9. The van der Waals surface area contributed by atoms with Crippen LogP contribution in [0.3, 0.4) is 0 Å². The summed E-state index contributed by atoms with van der Waals surface area (Å²) in [4.78, 5) is 36.8. The van der Waals surface area contributed by atoms with Gasteiger partial charge in [-0.1, -0.05) is 12.8 Å². The summed E-state index contributed by atoms with van der Waals surface area (Å²) in [5.74, 6) is -0.756. The first-order valence-corrected chi connectivity index (χ1v) is 11.8. The highest BCUT2D eigenvalue weighted by Gasteiger charge is 2.30. The van der Waals surface area contributed by atoms with Crippen molar-refractivity contribution in [1.29, 1.82) is 0 Å². The van der Waals surface area contributed by atoms with Crippen molar-refractivity contribution in [1.82, 2.24) is 25.5 Å². The summed E-state index contributed by atoms with van der Waals surface area (Å²) in [6, 6.07) is 5.73. The molecule has 0 bridgehead atoms. The van der Waals surface area contributed by atoms with E-state index in [1.807, 2.05) is 0 Å². The molecule has 2 aromatic heterocycles. The van der Waals surface area contributed by atoms with Crippen molar-refractivity contribution in [2.45, 2.75) is 50.7 Å². The molecule has 0 unspecified atom stereocenters. The molecule has 5 rings (SSSR count). The number of hydrogen-bond acceptors (Lipinski definition) is 5. The number of likely N-dealkylation sites (N-methyl/N-ethyl adjacent to an activating group) is 1. The number of benzene rings is 1. The highest BCUT2D eigenvalue weighted by molar-refractivity contribution is 7.13. The van der Waals surface area contributed by atoms with Crippen LogP contribution < -0.4 is 10.6 Å². The van der Waals surface area contributed by atoms with Gasteiger partial charge < -0.3 is 20.5 Å². The van der Waals surface area contributed by atoms with Crippen LogP contribution in [-0.4, -0.2) is 52.4 Å². The van der Waals surface area contributed by atoms with Crippen molar-refractivity contribution in [3.05, 3.63) is 51.4 Å². The van der Waals surface area contributed by atoms with E-state index in [0.717, 1.165) is 55.8 Å². The lowest BCUT2D eigenvalue weighted by molar-refractivity contribution is 0.0860. The van der Waals surface area contributed by atoms with Gasteiger partial charge in [-0.05, 0) is 44.2 Å². The Hall–Kier alpha value is -2.78. The molecule has 1 aliphatic heterocycles. The number of H-pyrrole nitrogens is 1. The highest BCUT2D eigenvalue weighted by atomic mass is 32.1. The van der Waals surface area contributed by atoms with Crippen LogP contribution in [0.2, 0.25) is 0 Å². The molecule has 1 aliphatic carbocycles. The maximum atomic E-state index is 13.5. The van der Waals surface area contributed by atoms with E-state index in [2.05, 4.69) is 32.5 Å². The SMILES string of the molecule is CN1CCc2nc(C(=O)N[C@@H]3CCCC[C@@H]3NC(=O)c3cc4cc(F)ccc4[nH]3)sc2C1. The van der Waals surface area contributed by atoms with Gasteiger partial charge in [-0.15, -0.1) is 11.3 Å². The lowest BCUT2D eigenvalue weighted by atomic mass is 9.90. The number of nitrogens with zero attached hydrogens (tertiary/aromatic N) is 2. The second kappa shape index (κ2) is 8.63. The van der Waals surface area contributed by atoms with Crippen LogP contribution in [0.15, 0.2) is 24.3 Å². The minimum Gasteiger partial charge on any atom is -0.351 e. The Morgan fingerprint density at radius 3 is 2.69 bits per heavy atom. The van der Waals surface area contributed by atoms with E-state index in [9.17, 15) is 14.0 Å². The molecule has 7 nitrogen and oxygen atoms in total. The minimum absolute atomic E-state index is 0.148. The topological polar surface area (TPSA) is 90.1 Å². The van der Waals surface area contributed by atoms with E-state index < -0.39 is 0 Å². The largest absolute Gasteiger partial charge is 0.351 e. The van der Waals surface area contributed by atoms with Crippen LogP contribution in [0.25, 0.3) is 10.9 Å². The predicted octanol–water partition coefficient (Wildman–Crippen LogP) is 3.22. The monoisotopic (exact) mass is 455 g/mol. The molecular weight excluding hydrogens is 429 g/mol. The fourth-order valence-electron chi connectivity index (χ4n) is 4.60. The maximum Gasteiger partial charge on any atom is 0.280 e. The third-order valence-corrected chi connectivity index (χ3v) is 7.42. The van der Waals surface area contributed by atoms with Crippen LogP contribution in [0.4, 0.5) is 4.39 Å². The van der Waals surface area contributed by atoms with Gasteiger partial charge >= 0.3 is 0 Å². The Morgan fingerprint density at radius 2 is 1.91 bits per heavy atom. The third-order valence-electron chi connectivity index (χ3n) is 6.34. The Kier molecular flexibility index (Phi) is 5.69. The van der Waals surface area contributed by atoms with Crippen molar-refractivity contribution in [3.8, 4) is 0 Å². The second-order valence-electron chi connectivity index (χ2n) is 8.74. The predicted molar refractivity (Wildman–Crippen MR) is 121 cm³/mol. The van der Waals surface area contributed by atoms with Gasteiger partial charge in [0, 0.05) is 47.4 Å². The van der Waals surface area contributed by atoms with Crippen molar-refractivity contribution in [2.24, 2.45) is 0 Å². The Balaban J connectivity index is 1.27. The van der Waals surface area contributed by atoms with Crippen LogP contribution in [0, 0.1) is 5.82 Å². The number of carbonyl (C=O) groups excluding carboxylic acids is 2. The number of fused-ring (bicyclic) bond motifs is 2. The van der Waals surface area contributed by atoms with E-state index in [1.54, 1.807) is 12.1 Å². The summed E-state index contributed by atoms with van der Waals surface area (Å²) in [5.41, 5.74) is 2.13. The van der Waals surface area contributed by atoms with Crippen molar-refractivity contribution in [3.63, 3.8) is 0 Å². The van der Waals surface area contributed by atoms with Crippen LogP contribution in [0.1, 0.15) is 56.5 Å². The minimum atomic E-state index is -0.339. The van der Waals surface area contributed by atoms with Gasteiger partial charge in [0.15, 0.2) is 5.01 Å². The van der Waals surface area contributed by atoms with Gasteiger partial charge in [0.25, 0.3) is 11.8 Å². The molecule has 1 saturated carbocycles. The molecule has 2 atom stereocenters. The molecule has 0 radical (unpaired) electrons. The van der Waals surface area contributed by atoms with E-state index >= 15 is 0 Å². The molecule has 0 saturated heterocycles. The Morgan fingerprint density at radius 1 is 1.16 bits per heavy atom. The molecule has 3 heterocycles. The molecule has 9 heteroatoms. The smallest absolute Gasteiger partial charge is 0.280 e. The summed E-state index contributed by atoms with van der Waals surface area (Å²) >= 11 is 1.46. The molecular formula is C23H26FN5O2S. The van der Waals surface area contributed by atoms with E-state index in [0.29, 0.717) is 21.6 Å². The molecule has 1 fully saturated rings. The summed E-state index contributed by atoms with van der Waals surface area (Å²) < 4.78 is 13.5. The molecule has 2 amide bonds. The summed E-state index contributed by atoms with van der Waals surface area (Å²) in [6.07, 6.45) is 4.47. The fourth-order valence-corrected chi connectivity index (χ4v) is 5.69. The number of aromatic nitrogens is 2. The lowest BCUT2D eigenvalue weighted by Gasteiger charge is -2.32. The first-order chi connectivity index (χ1) is 15.5. The molecule has 3 aromatic rings. The molecule has 3 N–H and O–H groups in total. The number of nitrogens with one attached hydrogen (secondary N) is 3. The number of halogens is 1.